The summed E-state index contributed by atoms with van der Waals surface area (Å²) < 4.78 is 44.1. The zero-order valence-electron chi connectivity index (χ0n) is 15.5. The molecule has 2 aromatic carbocycles. The molecule has 7 nitrogen and oxygen atoms in total. The van der Waals surface area contributed by atoms with Gasteiger partial charge >= 0.3 is 5.97 Å². The minimum absolute atomic E-state index is 0.105. The number of anilines is 1. The standard InChI is InChI=1S/C19H19FN2O5S2/c1-29(25,26)21-14-6-4-5-13(11-14)19(24)27-12-17(23)22-9-10-28-18(22)15-7-2-3-8-16(15)20/h2-8,11,18,21H,9-10,12H2,1H3. The van der Waals surface area contributed by atoms with E-state index in [-0.39, 0.29) is 11.3 Å². The topological polar surface area (TPSA) is 92.8 Å². The monoisotopic (exact) mass is 438 g/mol. The predicted octanol–water partition coefficient (Wildman–Crippen LogP) is 2.63. The van der Waals surface area contributed by atoms with Gasteiger partial charge in [0.15, 0.2) is 6.61 Å². The van der Waals surface area contributed by atoms with Gasteiger partial charge in [0.2, 0.25) is 10.0 Å². The van der Waals surface area contributed by atoms with E-state index in [2.05, 4.69) is 4.72 Å². The Morgan fingerprint density at radius 2 is 2.00 bits per heavy atom. The summed E-state index contributed by atoms with van der Waals surface area (Å²) in [4.78, 5) is 26.3. The van der Waals surface area contributed by atoms with E-state index in [0.717, 1.165) is 6.26 Å². The van der Waals surface area contributed by atoms with Crippen molar-refractivity contribution in [2.45, 2.75) is 5.37 Å². The molecule has 1 heterocycles. The van der Waals surface area contributed by atoms with Crippen molar-refractivity contribution in [2.75, 3.05) is 29.9 Å². The SMILES string of the molecule is CS(=O)(=O)Nc1cccc(C(=O)OCC(=O)N2CCSC2c2ccccc2F)c1. The van der Waals surface area contributed by atoms with Crippen LogP contribution in [0.25, 0.3) is 0 Å². The molecule has 3 rings (SSSR count). The molecule has 0 aliphatic carbocycles. The van der Waals surface area contributed by atoms with Gasteiger partial charge in [-0.1, -0.05) is 24.3 Å². The van der Waals surface area contributed by atoms with Crippen LogP contribution in [-0.4, -0.2) is 50.4 Å². The maximum absolute atomic E-state index is 14.1. The van der Waals surface area contributed by atoms with Gasteiger partial charge < -0.3 is 9.64 Å². The molecular weight excluding hydrogens is 419 g/mol. The minimum atomic E-state index is -3.49. The lowest BCUT2D eigenvalue weighted by Gasteiger charge is -2.24. The van der Waals surface area contributed by atoms with Crippen molar-refractivity contribution in [3.8, 4) is 0 Å². The van der Waals surface area contributed by atoms with Crippen molar-refractivity contribution in [2.24, 2.45) is 0 Å². The first-order valence-electron chi connectivity index (χ1n) is 8.65. The second-order valence-corrected chi connectivity index (χ2v) is 9.30. The van der Waals surface area contributed by atoms with Gasteiger partial charge in [-0.2, -0.15) is 0 Å². The van der Waals surface area contributed by atoms with E-state index >= 15 is 0 Å². The molecule has 29 heavy (non-hydrogen) atoms. The van der Waals surface area contributed by atoms with Crippen LogP contribution < -0.4 is 4.72 Å². The van der Waals surface area contributed by atoms with Gasteiger partial charge in [-0.3, -0.25) is 9.52 Å². The number of sulfonamides is 1. The van der Waals surface area contributed by atoms with Gasteiger partial charge in [-0.05, 0) is 24.3 Å². The highest BCUT2D eigenvalue weighted by atomic mass is 32.2. The van der Waals surface area contributed by atoms with E-state index in [9.17, 15) is 22.4 Å². The van der Waals surface area contributed by atoms with Gasteiger partial charge in [0.25, 0.3) is 5.91 Å². The summed E-state index contributed by atoms with van der Waals surface area (Å²) in [6, 6.07) is 12.0. The average molecular weight is 439 g/mol. The highest BCUT2D eigenvalue weighted by molar-refractivity contribution is 7.99. The maximum atomic E-state index is 14.1. The van der Waals surface area contributed by atoms with Crippen LogP contribution >= 0.6 is 11.8 Å². The molecule has 0 spiro atoms. The first-order valence-corrected chi connectivity index (χ1v) is 11.6. The van der Waals surface area contributed by atoms with Crippen molar-refractivity contribution >= 4 is 39.3 Å². The molecule has 0 saturated carbocycles. The van der Waals surface area contributed by atoms with E-state index in [1.54, 1.807) is 18.2 Å². The number of hydrogen-bond acceptors (Lipinski definition) is 6. The van der Waals surface area contributed by atoms with Crippen LogP contribution in [0.3, 0.4) is 0 Å². The molecule has 0 radical (unpaired) electrons. The number of carbonyl (C=O) groups is 2. The summed E-state index contributed by atoms with van der Waals surface area (Å²) >= 11 is 1.44. The number of ether oxygens (including phenoxy) is 1. The number of rotatable bonds is 6. The largest absolute Gasteiger partial charge is 0.452 e. The Labute approximate surface area is 172 Å². The smallest absolute Gasteiger partial charge is 0.338 e. The number of benzene rings is 2. The fraction of sp³-hybridized carbons (Fsp3) is 0.263. The molecule has 1 amide bonds. The summed E-state index contributed by atoms with van der Waals surface area (Å²) in [6.45, 7) is -0.0676. The Morgan fingerprint density at radius 3 is 2.72 bits per heavy atom. The Hall–Kier alpha value is -2.59. The number of hydrogen-bond donors (Lipinski definition) is 1. The number of amides is 1. The summed E-state index contributed by atoms with van der Waals surface area (Å²) in [5.41, 5.74) is 0.728. The molecule has 1 aliphatic rings. The number of carbonyl (C=O) groups excluding carboxylic acids is 2. The first-order chi connectivity index (χ1) is 13.7. The van der Waals surface area contributed by atoms with Crippen molar-refractivity contribution in [1.82, 2.24) is 4.90 Å². The third kappa shape index (κ3) is 5.48. The highest BCUT2D eigenvalue weighted by Gasteiger charge is 2.32. The summed E-state index contributed by atoms with van der Waals surface area (Å²) in [7, 11) is -3.49. The fourth-order valence-corrected chi connectivity index (χ4v) is 4.73. The second kappa shape index (κ2) is 8.83. The second-order valence-electron chi connectivity index (χ2n) is 6.36. The average Bonchev–Trinajstić information content (AvgIpc) is 3.14. The van der Waals surface area contributed by atoms with E-state index < -0.39 is 39.7 Å². The zero-order chi connectivity index (χ0) is 21.0. The van der Waals surface area contributed by atoms with Gasteiger partial charge in [0.1, 0.15) is 11.2 Å². The molecule has 1 N–H and O–H groups in total. The number of esters is 1. The van der Waals surface area contributed by atoms with E-state index in [1.165, 1.54) is 47.0 Å². The predicted molar refractivity (Wildman–Crippen MR) is 109 cm³/mol. The summed E-state index contributed by atoms with van der Waals surface area (Å²) in [6.07, 6.45) is 0.997. The van der Waals surface area contributed by atoms with Gasteiger partial charge in [0.05, 0.1) is 11.8 Å². The van der Waals surface area contributed by atoms with Crippen molar-refractivity contribution in [3.63, 3.8) is 0 Å². The van der Waals surface area contributed by atoms with E-state index in [4.69, 9.17) is 4.74 Å². The van der Waals surface area contributed by atoms with Crippen molar-refractivity contribution < 1.29 is 27.1 Å². The lowest BCUT2D eigenvalue weighted by molar-refractivity contribution is -0.134. The Bertz CT molecular complexity index is 1030. The molecule has 1 fully saturated rings. The minimum Gasteiger partial charge on any atom is -0.452 e. The fourth-order valence-electron chi connectivity index (χ4n) is 2.88. The number of halogens is 1. The normalized spacial score (nSPS) is 16.5. The Kier molecular flexibility index (Phi) is 6.43. The lowest BCUT2D eigenvalue weighted by atomic mass is 10.2. The van der Waals surface area contributed by atoms with Crippen LogP contribution in [-0.2, 0) is 19.6 Å². The van der Waals surface area contributed by atoms with Gasteiger partial charge in [0, 0.05) is 23.5 Å². The molecular formula is C19H19FN2O5S2. The molecule has 154 valence electrons. The first kappa shape index (κ1) is 21.1. The molecule has 1 unspecified atom stereocenters. The highest BCUT2D eigenvalue weighted by Crippen LogP contribution is 2.38. The number of nitrogens with one attached hydrogen (secondary N) is 1. The van der Waals surface area contributed by atoms with Crippen LogP contribution in [0.1, 0.15) is 21.3 Å². The van der Waals surface area contributed by atoms with Crippen molar-refractivity contribution in [3.05, 3.63) is 65.5 Å². The van der Waals surface area contributed by atoms with Crippen molar-refractivity contribution in [1.29, 1.82) is 0 Å². The number of nitrogens with zero attached hydrogens (tertiary/aromatic N) is 1. The Balaban J connectivity index is 1.64. The summed E-state index contributed by atoms with van der Waals surface area (Å²) in [5.74, 6) is -0.929. The van der Waals surface area contributed by atoms with Gasteiger partial charge in [-0.25, -0.2) is 17.6 Å². The van der Waals surface area contributed by atoms with Crippen LogP contribution in [0.15, 0.2) is 48.5 Å². The van der Waals surface area contributed by atoms with Crippen LogP contribution in [0.5, 0.6) is 0 Å². The Morgan fingerprint density at radius 1 is 1.24 bits per heavy atom. The zero-order valence-corrected chi connectivity index (χ0v) is 17.1. The van der Waals surface area contributed by atoms with E-state index in [0.29, 0.717) is 17.9 Å². The van der Waals surface area contributed by atoms with Crippen LogP contribution in [0.2, 0.25) is 0 Å². The molecule has 1 saturated heterocycles. The third-order valence-corrected chi connectivity index (χ3v) is 5.96. The third-order valence-electron chi connectivity index (χ3n) is 4.11. The van der Waals surface area contributed by atoms with Crippen LogP contribution in [0.4, 0.5) is 10.1 Å². The van der Waals surface area contributed by atoms with E-state index in [1.807, 2.05) is 0 Å². The van der Waals surface area contributed by atoms with Gasteiger partial charge in [-0.15, -0.1) is 11.8 Å². The lowest BCUT2D eigenvalue weighted by Crippen LogP contribution is -2.34. The molecule has 1 atom stereocenters. The quantitative estimate of drug-likeness (QED) is 0.697. The maximum Gasteiger partial charge on any atom is 0.338 e. The molecule has 2 aromatic rings. The molecule has 1 aliphatic heterocycles. The molecule has 0 bridgehead atoms. The molecule has 0 aromatic heterocycles. The number of thioether (sulfide) groups is 1. The van der Waals surface area contributed by atoms with Crippen LogP contribution in [0, 0.1) is 5.82 Å². The summed E-state index contributed by atoms with van der Waals surface area (Å²) in [5, 5.41) is -0.468. The molecule has 10 heteroatoms.